The van der Waals surface area contributed by atoms with Crippen LogP contribution in [0.5, 0.6) is 0 Å². The number of aromatic nitrogens is 6. The quantitative estimate of drug-likeness (QED) is 0.294. The number of aromatic amines is 1. The van der Waals surface area contributed by atoms with Gasteiger partial charge < -0.3 is 15.7 Å². The van der Waals surface area contributed by atoms with Crippen molar-refractivity contribution in [1.29, 1.82) is 5.26 Å². The van der Waals surface area contributed by atoms with E-state index < -0.39 is 17.7 Å². The number of rotatable bonds is 8. The molecule has 4 N–H and O–H groups in total. The zero-order valence-electron chi connectivity index (χ0n) is 19.7. The monoisotopic (exact) mass is 489 g/mol. The highest BCUT2D eigenvalue weighted by molar-refractivity contribution is 6.00. The summed E-state index contributed by atoms with van der Waals surface area (Å²) in [7, 11) is 0. The highest BCUT2D eigenvalue weighted by Gasteiger charge is 2.28. The summed E-state index contributed by atoms with van der Waals surface area (Å²) in [5, 5.41) is 36.9. The predicted molar refractivity (Wildman–Crippen MR) is 129 cm³/mol. The van der Waals surface area contributed by atoms with Crippen LogP contribution in [-0.2, 0) is 0 Å². The maximum absolute atomic E-state index is 14.2. The lowest BCUT2D eigenvalue weighted by atomic mass is 10.0. The van der Waals surface area contributed by atoms with Gasteiger partial charge in [-0.25, -0.2) is 14.4 Å². The van der Waals surface area contributed by atoms with Gasteiger partial charge in [0, 0.05) is 41.5 Å². The molecular formula is C24H24FN9O2. The minimum atomic E-state index is -1.66. The van der Waals surface area contributed by atoms with Crippen molar-refractivity contribution >= 4 is 28.4 Å². The fourth-order valence-electron chi connectivity index (χ4n) is 3.66. The third-order valence-electron chi connectivity index (χ3n) is 5.97. The van der Waals surface area contributed by atoms with Crippen LogP contribution in [0.3, 0.4) is 0 Å². The number of aliphatic hydroxyl groups is 1. The number of fused-ring (bicyclic) bond motifs is 1. The fourth-order valence-corrected chi connectivity index (χ4v) is 3.66. The lowest BCUT2D eigenvalue weighted by molar-refractivity contribution is -0.00177. The second-order valence-electron chi connectivity index (χ2n) is 9.33. The van der Waals surface area contributed by atoms with Gasteiger partial charge in [0.05, 0.1) is 35.2 Å². The molecule has 5 rings (SSSR count). The van der Waals surface area contributed by atoms with Crippen molar-refractivity contribution in [1.82, 2.24) is 35.3 Å². The molecule has 0 spiro atoms. The van der Waals surface area contributed by atoms with Crippen LogP contribution in [0.15, 0.2) is 36.8 Å². The third-order valence-corrected chi connectivity index (χ3v) is 5.97. The van der Waals surface area contributed by atoms with Crippen LogP contribution < -0.4 is 10.6 Å². The Morgan fingerprint density at radius 3 is 2.83 bits per heavy atom. The van der Waals surface area contributed by atoms with Crippen LogP contribution in [0, 0.1) is 11.3 Å². The van der Waals surface area contributed by atoms with Crippen molar-refractivity contribution in [2.24, 2.45) is 0 Å². The number of H-pyrrole nitrogens is 1. The minimum absolute atomic E-state index is 0.161. The van der Waals surface area contributed by atoms with Gasteiger partial charge in [-0.05, 0) is 32.8 Å². The number of hydrogen-bond donors (Lipinski definition) is 4. The van der Waals surface area contributed by atoms with Gasteiger partial charge >= 0.3 is 0 Å². The maximum Gasteiger partial charge on any atom is 0.255 e. The van der Waals surface area contributed by atoms with Gasteiger partial charge in [0.15, 0.2) is 17.3 Å². The molecule has 1 unspecified atom stereocenters. The molecule has 12 heteroatoms. The first-order chi connectivity index (χ1) is 17.2. The molecule has 0 aromatic carbocycles. The number of amides is 1. The highest BCUT2D eigenvalue weighted by atomic mass is 19.1. The lowest BCUT2D eigenvalue weighted by Gasteiger charge is -2.22. The minimum Gasteiger partial charge on any atom is -0.387 e. The summed E-state index contributed by atoms with van der Waals surface area (Å²) in [5.74, 6) is 0.791. The predicted octanol–water partition coefficient (Wildman–Crippen LogP) is 2.87. The van der Waals surface area contributed by atoms with Crippen molar-refractivity contribution in [2.45, 2.75) is 44.4 Å². The number of hydrogen-bond acceptors (Lipinski definition) is 8. The van der Waals surface area contributed by atoms with E-state index in [1.807, 2.05) is 12.1 Å². The molecule has 36 heavy (non-hydrogen) atoms. The van der Waals surface area contributed by atoms with Crippen LogP contribution in [0.2, 0.25) is 0 Å². The molecule has 1 amide bonds. The molecule has 1 saturated carbocycles. The number of nitrogens with one attached hydrogen (secondary N) is 3. The number of pyridine rings is 2. The summed E-state index contributed by atoms with van der Waals surface area (Å²) >= 11 is 0. The molecule has 4 aromatic rings. The molecule has 1 atom stereocenters. The molecule has 1 aliphatic carbocycles. The van der Waals surface area contributed by atoms with E-state index in [0.717, 1.165) is 18.5 Å². The van der Waals surface area contributed by atoms with Crippen molar-refractivity contribution in [3.05, 3.63) is 53.6 Å². The maximum atomic E-state index is 14.2. The molecule has 4 aromatic heterocycles. The smallest absolute Gasteiger partial charge is 0.255 e. The van der Waals surface area contributed by atoms with E-state index in [9.17, 15) is 14.3 Å². The van der Waals surface area contributed by atoms with Crippen molar-refractivity contribution in [2.75, 3.05) is 11.9 Å². The van der Waals surface area contributed by atoms with Crippen molar-refractivity contribution < 1.29 is 14.3 Å². The van der Waals surface area contributed by atoms with Gasteiger partial charge in [-0.3, -0.25) is 9.89 Å². The molecule has 0 aliphatic heterocycles. The second kappa shape index (κ2) is 9.01. The molecule has 0 radical (unpaired) electrons. The lowest BCUT2D eigenvalue weighted by Crippen LogP contribution is -2.42. The summed E-state index contributed by atoms with van der Waals surface area (Å²) < 4.78 is 15.7. The average Bonchev–Trinajstić information content (AvgIpc) is 3.46. The largest absolute Gasteiger partial charge is 0.387 e. The van der Waals surface area contributed by atoms with Crippen LogP contribution in [0.25, 0.3) is 16.9 Å². The number of alkyl halides is 1. The number of nitrogens with zero attached hydrogens (tertiary/aromatic N) is 6. The van der Waals surface area contributed by atoms with E-state index in [1.165, 1.54) is 30.9 Å². The Morgan fingerprint density at radius 1 is 1.31 bits per heavy atom. The topological polar surface area (TPSA) is 157 Å². The second-order valence-corrected chi connectivity index (χ2v) is 9.33. The van der Waals surface area contributed by atoms with E-state index in [2.05, 4.69) is 35.9 Å². The van der Waals surface area contributed by atoms with Gasteiger partial charge in [0.1, 0.15) is 12.2 Å². The third kappa shape index (κ3) is 4.73. The Kier molecular flexibility index (Phi) is 5.85. The molecule has 0 bridgehead atoms. The van der Waals surface area contributed by atoms with E-state index >= 15 is 0 Å². The zero-order valence-corrected chi connectivity index (χ0v) is 19.7. The SMILES string of the molecule is CC(C)(O)C(F)CNC(=O)c1cnc(-n2ncc3cc(C#N)cnc32)cc1Nc1cc(C2CC2)[nH]n1. The molecule has 1 fully saturated rings. The molecule has 4 heterocycles. The van der Waals surface area contributed by atoms with Crippen molar-refractivity contribution in [3.8, 4) is 11.9 Å². The molecule has 1 aliphatic rings. The first kappa shape index (κ1) is 23.4. The Morgan fingerprint density at radius 2 is 2.11 bits per heavy atom. The Hall–Kier alpha value is -4.37. The van der Waals surface area contributed by atoms with Gasteiger partial charge in [-0.2, -0.15) is 20.1 Å². The first-order valence-electron chi connectivity index (χ1n) is 11.4. The summed E-state index contributed by atoms with van der Waals surface area (Å²) in [4.78, 5) is 21.7. The van der Waals surface area contributed by atoms with Gasteiger partial charge in [0.25, 0.3) is 5.91 Å². The number of carbonyl (C=O) groups is 1. The van der Waals surface area contributed by atoms with E-state index in [1.54, 1.807) is 18.3 Å². The number of halogens is 1. The van der Waals surface area contributed by atoms with E-state index in [-0.39, 0.29) is 12.1 Å². The molecule has 184 valence electrons. The number of anilines is 2. The highest BCUT2D eigenvalue weighted by Crippen LogP contribution is 2.39. The summed E-state index contributed by atoms with van der Waals surface area (Å²) in [6.45, 7) is 2.31. The average molecular weight is 490 g/mol. The normalized spacial score (nSPS) is 14.4. The van der Waals surface area contributed by atoms with Crippen molar-refractivity contribution in [3.63, 3.8) is 0 Å². The van der Waals surface area contributed by atoms with E-state index in [4.69, 9.17) is 5.26 Å². The standard InChI is InChI=1S/C24H24FN9O2/c1-24(2,36)19(25)12-29-23(35)16-11-27-21(34-22-15(10-30-34)5-13(8-26)9-28-22)7-18(16)31-20-6-17(32-33-20)14-3-4-14/h5-7,9-11,14,19,36H,3-4,12H2,1-2H3,(H,29,35)(H2,27,31,32,33). The Bertz CT molecular complexity index is 1480. The summed E-state index contributed by atoms with van der Waals surface area (Å²) in [5.41, 5.74) is 0.858. The van der Waals surface area contributed by atoms with Gasteiger partial charge in [0.2, 0.25) is 0 Å². The van der Waals surface area contributed by atoms with Crippen LogP contribution in [0.1, 0.15) is 54.2 Å². The van der Waals surface area contributed by atoms with Gasteiger partial charge in [-0.1, -0.05) is 0 Å². The molecule has 0 saturated heterocycles. The fraction of sp³-hybridized carbons (Fsp3) is 0.333. The Labute approximate surface area is 205 Å². The summed E-state index contributed by atoms with van der Waals surface area (Å²) in [6.07, 6.45) is 4.93. The molecule has 11 nitrogen and oxygen atoms in total. The van der Waals surface area contributed by atoms with Crippen LogP contribution in [-0.4, -0.2) is 59.3 Å². The first-order valence-corrected chi connectivity index (χ1v) is 11.4. The number of carbonyl (C=O) groups excluding carboxylic acids is 1. The summed E-state index contributed by atoms with van der Waals surface area (Å²) in [6, 6.07) is 7.23. The Balaban J connectivity index is 1.48. The van der Waals surface area contributed by atoms with Crippen LogP contribution >= 0.6 is 0 Å². The van der Waals surface area contributed by atoms with Crippen LogP contribution in [0.4, 0.5) is 15.9 Å². The van der Waals surface area contributed by atoms with Gasteiger partial charge in [-0.15, -0.1) is 0 Å². The zero-order chi connectivity index (χ0) is 25.4. The number of nitriles is 1. The van der Waals surface area contributed by atoms with E-state index in [0.29, 0.717) is 39.8 Å². The molecular weight excluding hydrogens is 465 g/mol.